The van der Waals surface area contributed by atoms with E-state index in [0.29, 0.717) is 16.7 Å². The summed E-state index contributed by atoms with van der Waals surface area (Å²) in [5.74, 6) is 0.0497. The lowest BCUT2D eigenvalue weighted by molar-refractivity contribution is 0.475. The van der Waals surface area contributed by atoms with Gasteiger partial charge >= 0.3 is 5.69 Å². The molecular formula is C15H15N3O4S. The molecule has 0 aliphatic carbocycles. The van der Waals surface area contributed by atoms with Crippen molar-refractivity contribution in [2.45, 2.75) is 4.90 Å². The second-order valence-electron chi connectivity index (χ2n) is 5.20. The number of rotatable bonds is 3. The molecule has 0 fully saturated rings. The number of aromatic nitrogens is 2. The summed E-state index contributed by atoms with van der Waals surface area (Å²) in [6, 6.07) is 10.2. The smallest absolute Gasteiger partial charge is 0.328 e. The van der Waals surface area contributed by atoms with Crippen LogP contribution in [0.4, 0.5) is 5.69 Å². The Kier molecular flexibility index (Phi) is 3.41. The first kappa shape index (κ1) is 15.2. The average molecular weight is 333 g/mol. The Bertz CT molecular complexity index is 1050. The van der Waals surface area contributed by atoms with E-state index >= 15 is 0 Å². The van der Waals surface area contributed by atoms with Crippen molar-refractivity contribution in [3.05, 3.63) is 52.9 Å². The first-order valence-electron chi connectivity index (χ1n) is 6.77. The molecule has 8 heteroatoms. The van der Waals surface area contributed by atoms with Crippen LogP contribution >= 0.6 is 0 Å². The first-order valence-corrected chi connectivity index (χ1v) is 8.25. The SMILES string of the molecule is Cn1c(=O)n(C)c2cc(S(=O)(=O)Nc3ccc(O)cc3)ccc21. The standard InChI is InChI=1S/C15H15N3O4S/c1-17-13-8-7-12(9-14(13)18(2)15(17)20)23(21,22)16-10-3-5-11(19)6-4-10/h3-9,16,19H,1-2H3. The molecule has 0 unspecified atom stereocenters. The van der Waals surface area contributed by atoms with E-state index in [4.69, 9.17) is 0 Å². The highest BCUT2D eigenvalue weighted by molar-refractivity contribution is 7.92. The number of nitrogens with one attached hydrogen (secondary N) is 1. The highest BCUT2D eigenvalue weighted by atomic mass is 32.2. The van der Waals surface area contributed by atoms with E-state index in [9.17, 15) is 18.3 Å². The highest BCUT2D eigenvalue weighted by Crippen LogP contribution is 2.21. The Hall–Kier alpha value is -2.74. The molecule has 1 aromatic heterocycles. The summed E-state index contributed by atoms with van der Waals surface area (Å²) < 4.78 is 30.2. The van der Waals surface area contributed by atoms with Gasteiger partial charge in [0.25, 0.3) is 10.0 Å². The number of hydrogen-bond donors (Lipinski definition) is 2. The lowest BCUT2D eigenvalue weighted by Gasteiger charge is -2.08. The number of hydrogen-bond acceptors (Lipinski definition) is 4. The fourth-order valence-electron chi connectivity index (χ4n) is 2.40. The van der Waals surface area contributed by atoms with E-state index < -0.39 is 10.0 Å². The molecule has 0 atom stereocenters. The maximum atomic E-state index is 12.5. The number of imidazole rings is 1. The van der Waals surface area contributed by atoms with Crippen LogP contribution in [0.5, 0.6) is 5.75 Å². The van der Waals surface area contributed by atoms with Crippen LogP contribution in [0.15, 0.2) is 52.2 Å². The Morgan fingerprint density at radius 2 is 1.57 bits per heavy atom. The van der Waals surface area contributed by atoms with Gasteiger partial charge in [-0.3, -0.25) is 13.9 Å². The third-order valence-electron chi connectivity index (χ3n) is 3.67. The summed E-state index contributed by atoms with van der Waals surface area (Å²) in [5, 5.41) is 9.24. The molecule has 7 nitrogen and oxygen atoms in total. The van der Waals surface area contributed by atoms with Crippen LogP contribution in [0.2, 0.25) is 0 Å². The Balaban J connectivity index is 2.06. The van der Waals surface area contributed by atoms with Crippen molar-refractivity contribution >= 4 is 26.7 Å². The maximum absolute atomic E-state index is 12.5. The van der Waals surface area contributed by atoms with Gasteiger partial charge in [0.05, 0.1) is 15.9 Å². The monoisotopic (exact) mass is 333 g/mol. The lowest BCUT2D eigenvalue weighted by Crippen LogP contribution is -2.19. The van der Waals surface area contributed by atoms with Gasteiger partial charge < -0.3 is 5.11 Å². The van der Waals surface area contributed by atoms with Gasteiger partial charge in [0, 0.05) is 19.8 Å². The summed E-state index contributed by atoms with van der Waals surface area (Å²) in [6.07, 6.45) is 0. The van der Waals surface area contributed by atoms with E-state index in [1.807, 2.05) is 0 Å². The minimum absolute atomic E-state index is 0.0497. The summed E-state index contributed by atoms with van der Waals surface area (Å²) in [7, 11) is -0.570. The van der Waals surface area contributed by atoms with Crippen molar-refractivity contribution in [2.24, 2.45) is 14.1 Å². The number of aromatic hydroxyl groups is 1. The van der Waals surface area contributed by atoms with Crippen molar-refractivity contribution in [3.63, 3.8) is 0 Å². The molecule has 0 amide bonds. The molecular weight excluding hydrogens is 318 g/mol. The fraction of sp³-hybridized carbons (Fsp3) is 0.133. The van der Waals surface area contributed by atoms with Crippen LogP contribution in [0.1, 0.15) is 0 Å². The molecule has 3 aromatic rings. The van der Waals surface area contributed by atoms with E-state index in [1.165, 1.54) is 45.5 Å². The molecule has 0 saturated heterocycles. The quantitative estimate of drug-likeness (QED) is 0.708. The van der Waals surface area contributed by atoms with Gasteiger partial charge in [-0.15, -0.1) is 0 Å². The Labute approximate surface area is 132 Å². The van der Waals surface area contributed by atoms with Gasteiger partial charge in [0.15, 0.2) is 0 Å². The molecule has 0 aliphatic heterocycles. The van der Waals surface area contributed by atoms with Gasteiger partial charge in [-0.1, -0.05) is 0 Å². The van der Waals surface area contributed by atoms with Crippen LogP contribution in [0.3, 0.4) is 0 Å². The van der Waals surface area contributed by atoms with Gasteiger partial charge in [-0.05, 0) is 42.5 Å². The average Bonchev–Trinajstić information content (AvgIpc) is 2.74. The number of aryl methyl sites for hydroxylation is 2. The van der Waals surface area contributed by atoms with E-state index in [2.05, 4.69) is 4.72 Å². The third kappa shape index (κ3) is 2.57. The van der Waals surface area contributed by atoms with Crippen molar-refractivity contribution in [2.75, 3.05) is 4.72 Å². The molecule has 120 valence electrons. The molecule has 0 spiro atoms. The number of phenolic OH excluding ortho intramolecular Hbond substituents is 1. The normalized spacial score (nSPS) is 11.7. The fourth-order valence-corrected chi connectivity index (χ4v) is 3.48. The summed E-state index contributed by atoms with van der Waals surface area (Å²) in [6.45, 7) is 0. The Morgan fingerprint density at radius 3 is 2.22 bits per heavy atom. The Morgan fingerprint density at radius 1 is 0.957 bits per heavy atom. The number of sulfonamides is 1. The number of anilines is 1. The van der Waals surface area contributed by atoms with Crippen LogP contribution in [0, 0.1) is 0 Å². The number of fused-ring (bicyclic) bond motifs is 1. The number of benzene rings is 2. The zero-order valence-electron chi connectivity index (χ0n) is 12.5. The molecule has 3 rings (SSSR count). The highest BCUT2D eigenvalue weighted by Gasteiger charge is 2.17. The molecule has 0 saturated carbocycles. The summed E-state index contributed by atoms with van der Waals surface area (Å²) in [5.41, 5.74) is 1.30. The largest absolute Gasteiger partial charge is 0.508 e. The minimum atomic E-state index is -3.79. The van der Waals surface area contributed by atoms with Crippen molar-refractivity contribution in [1.82, 2.24) is 9.13 Å². The van der Waals surface area contributed by atoms with E-state index in [1.54, 1.807) is 20.2 Å². The molecule has 0 radical (unpaired) electrons. The van der Waals surface area contributed by atoms with Gasteiger partial charge in [0.2, 0.25) is 0 Å². The number of nitrogens with zero attached hydrogens (tertiary/aromatic N) is 2. The van der Waals surface area contributed by atoms with Gasteiger partial charge in [-0.25, -0.2) is 13.2 Å². The van der Waals surface area contributed by atoms with Gasteiger partial charge in [-0.2, -0.15) is 0 Å². The number of phenols is 1. The van der Waals surface area contributed by atoms with Crippen LogP contribution < -0.4 is 10.4 Å². The van der Waals surface area contributed by atoms with Crippen molar-refractivity contribution in [1.29, 1.82) is 0 Å². The summed E-state index contributed by atoms with van der Waals surface area (Å²) in [4.78, 5) is 12.0. The third-order valence-corrected chi connectivity index (χ3v) is 5.05. The van der Waals surface area contributed by atoms with Crippen molar-refractivity contribution in [3.8, 4) is 5.75 Å². The predicted molar refractivity (Wildman–Crippen MR) is 87.1 cm³/mol. The predicted octanol–water partition coefficient (Wildman–Crippen LogP) is 1.38. The zero-order chi connectivity index (χ0) is 16.8. The second kappa shape index (κ2) is 5.17. The first-order chi connectivity index (χ1) is 10.8. The second-order valence-corrected chi connectivity index (χ2v) is 6.89. The lowest BCUT2D eigenvalue weighted by atomic mass is 10.3. The molecule has 23 heavy (non-hydrogen) atoms. The molecule has 1 heterocycles. The van der Waals surface area contributed by atoms with Gasteiger partial charge in [0.1, 0.15) is 5.75 Å². The minimum Gasteiger partial charge on any atom is -0.508 e. The zero-order valence-corrected chi connectivity index (χ0v) is 13.3. The van der Waals surface area contributed by atoms with Crippen LogP contribution in [0.25, 0.3) is 11.0 Å². The molecule has 2 aromatic carbocycles. The summed E-state index contributed by atoms with van der Waals surface area (Å²) >= 11 is 0. The van der Waals surface area contributed by atoms with Crippen LogP contribution in [-0.2, 0) is 24.1 Å². The molecule has 0 bridgehead atoms. The van der Waals surface area contributed by atoms with Crippen LogP contribution in [-0.4, -0.2) is 22.7 Å². The maximum Gasteiger partial charge on any atom is 0.328 e. The van der Waals surface area contributed by atoms with E-state index in [-0.39, 0.29) is 16.3 Å². The van der Waals surface area contributed by atoms with E-state index in [0.717, 1.165) is 0 Å². The molecule has 2 N–H and O–H groups in total. The van der Waals surface area contributed by atoms with Crippen molar-refractivity contribution < 1.29 is 13.5 Å². The topological polar surface area (TPSA) is 93.3 Å². The molecule has 0 aliphatic rings.